The molecule has 1 spiro atoms. The third kappa shape index (κ3) is 2.58. The normalized spacial score (nSPS) is 22.0. The second kappa shape index (κ2) is 4.54. The first-order valence-corrected chi connectivity index (χ1v) is 9.14. The van der Waals surface area contributed by atoms with Gasteiger partial charge >= 0.3 is 0 Å². The van der Waals surface area contributed by atoms with Gasteiger partial charge in [-0.15, -0.1) is 9.24 Å². The van der Waals surface area contributed by atoms with Crippen LogP contribution in [-0.4, -0.2) is 27.8 Å². The highest BCUT2D eigenvalue weighted by Crippen LogP contribution is 2.49. The summed E-state index contributed by atoms with van der Waals surface area (Å²) in [7, 11) is -0.419. The quantitative estimate of drug-likeness (QED) is 0.851. The molecule has 19 heavy (non-hydrogen) atoms. The van der Waals surface area contributed by atoms with Gasteiger partial charge in [0.2, 0.25) is 0 Å². The van der Waals surface area contributed by atoms with Crippen LogP contribution in [-0.2, 0) is 16.3 Å². The molecule has 1 heterocycles. The maximum atomic E-state index is 11.5. The molecule has 1 aromatic carbocycles. The smallest absolute Gasteiger partial charge is 0.175 e. The van der Waals surface area contributed by atoms with E-state index in [0.717, 1.165) is 17.6 Å². The molecule has 1 saturated heterocycles. The molecular weight excluding hydrogens is 277 g/mol. The number of nitrogens with one attached hydrogen (secondary N) is 1. The minimum atomic E-state index is -3.10. The first kappa shape index (κ1) is 13.5. The zero-order valence-electron chi connectivity index (χ0n) is 11.1. The fraction of sp³-hybridized carbons (Fsp3) is 0.571. The second-order valence-corrected chi connectivity index (χ2v) is 8.85. The summed E-state index contributed by atoms with van der Waals surface area (Å²) in [6.07, 6.45) is 4.96. The van der Waals surface area contributed by atoms with E-state index in [1.165, 1.54) is 37.8 Å². The van der Waals surface area contributed by atoms with E-state index in [-0.39, 0.29) is 0 Å². The van der Waals surface area contributed by atoms with E-state index in [1.54, 1.807) is 12.1 Å². The van der Waals surface area contributed by atoms with Gasteiger partial charge in [-0.3, -0.25) is 0 Å². The summed E-state index contributed by atoms with van der Waals surface area (Å²) in [4.78, 5) is 0.412. The fourth-order valence-corrected chi connectivity index (χ4v) is 4.55. The van der Waals surface area contributed by atoms with E-state index in [0.29, 0.717) is 10.3 Å². The maximum absolute atomic E-state index is 11.5. The van der Waals surface area contributed by atoms with Crippen LogP contribution in [0.4, 0.5) is 0 Å². The van der Waals surface area contributed by atoms with Gasteiger partial charge in [0.05, 0.1) is 4.90 Å². The molecule has 1 aliphatic carbocycles. The number of hydrogen-bond donors (Lipinski definition) is 1. The van der Waals surface area contributed by atoms with Gasteiger partial charge in [0, 0.05) is 19.3 Å². The lowest BCUT2D eigenvalue weighted by Crippen LogP contribution is -2.60. The van der Waals surface area contributed by atoms with Crippen molar-refractivity contribution >= 4 is 24.4 Å². The third-order valence-corrected chi connectivity index (χ3v) is 6.15. The van der Waals surface area contributed by atoms with Crippen LogP contribution in [0.5, 0.6) is 0 Å². The van der Waals surface area contributed by atoms with Crippen molar-refractivity contribution in [3.63, 3.8) is 0 Å². The third-order valence-electron chi connectivity index (χ3n) is 4.50. The first-order chi connectivity index (χ1) is 8.88. The minimum Gasteiger partial charge on any atom is -0.316 e. The average molecular weight is 297 g/mol. The average Bonchev–Trinajstić information content (AvgIpc) is 2.20. The summed E-state index contributed by atoms with van der Waals surface area (Å²) >= 11 is 0. The molecule has 1 saturated carbocycles. The van der Waals surface area contributed by atoms with E-state index in [1.807, 2.05) is 6.07 Å². The Morgan fingerprint density at radius 1 is 1.37 bits per heavy atom. The number of sulfone groups is 1. The minimum absolute atomic E-state index is 0.412. The summed E-state index contributed by atoms with van der Waals surface area (Å²) in [5, 5.41) is 4.38. The highest BCUT2D eigenvalue weighted by Gasteiger charge is 2.47. The molecule has 1 aliphatic heterocycles. The molecule has 2 aliphatic rings. The molecule has 3 rings (SSSR count). The van der Waals surface area contributed by atoms with Gasteiger partial charge in [-0.05, 0) is 53.6 Å². The van der Waals surface area contributed by atoms with E-state index in [4.69, 9.17) is 0 Å². The zero-order chi connectivity index (χ0) is 13.7. The Kier molecular flexibility index (Phi) is 3.24. The van der Waals surface area contributed by atoms with Gasteiger partial charge in [-0.25, -0.2) is 8.42 Å². The van der Waals surface area contributed by atoms with Gasteiger partial charge in [0.15, 0.2) is 9.84 Å². The standard InChI is InChI=1S/C14H20NO2PS/c1-19(16,17)12-3-2-11(13(18)5-12)4-10-6-14(7-10)8-15-9-14/h2-3,5,10,15H,4,6-9,18H2,1H3. The van der Waals surface area contributed by atoms with Crippen LogP contribution in [0.15, 0.2) is 23.1 Å². The van der Waals surface area contributed by atoms with E-state index in [2.05, 4.69) is 14.6 Å². The molecule has 0 amide bonds. The van der Waals surface area contributed by atoms with Crippen molar-refractivity contribution in [3.05, 3.63) is 23.8 Å². The number of rotatable bonds is 3. The molecule has 2 fully saturated rings. The van der Waals surface area contributed by atoms with Crippen LogP contribution < -0.4 is 10.6 Å². The van der Waals surface area contributed by atoms with Crippen molar-refractivity contribution in [3.8, 4) is 0 Å². The highest BCUT2D eigenvalue weighted by molar-refractivity contribution is 7.90. The Morgan fingerprint density at radius 3 is 2.53 bits per heavy atom. The van der Waals surface area contributed by atoms with E-state index < -0.39 is 9.84 Å². The van der Waals surface area contributed by atoms with Crippen LogP contribution in [0, 0.1) is 11.3 Å². The fourth-order valence-electron chi connectivity index (χ4n) is 3.38. The maximum Gasteiger partial charge on any atom is 0.175 e. The number of benzene rings is 1. The molecule has 1 atom stereocenters. The molecule has 0 bridgehead atoms. The lowest BCUT2D eigenvalue weighted by Gasteiger charge is -2.54. The van der Waals surface area contributed by atoms with Crippen molar-refractivity contribution in [1.82, 2.24) is 5.32 Å². The SMILES string of the molecule is CS(=O)(=O)c1ccc(CC2CC3(CNC3)C2)c(P)c1. The lowest BCUT2D eigenvalue weighted by molar-refractivity contribution is 0.000987. The van der Waals surface area contributed by atoms with Crippen LogP contribution in [0.1, 0.15) is 18.4 Å². The molecule has 3 nitrogen and oxygen atoms in total. The van der Waals surface area contributed by atoms with Gasteiger partial charge in [0.25, 0.3) is 0 Å². The molecular formula is C14H20NO2PS. The van der Waals surface area contributed by atoms with Crippen molar-refractivity contribution in [1.29, 1.82) is 0 Å². The van der Waals surface area contributed by atoms with Crippen molar-refractivity contribution < 1.29 is 8.42 Å². The Morgan fingerprint density at radius 2 is 2.05 bits per heavy atom. The largest absolute Gasteiger partial charge is 0.316 e. The van der Waals surface area contributed by atoms with E-state index in [9.17, 15) is 8.42 Å². The molecule has 1 N–H and O–H groups in total. The Balaban J connectivity index is 1.69. The second-order valence-electron chi connectivity index (χ2n) is 6.21. The summed E-state index contributed by atoms with van der Waals surface area (Å²) in [6.45, 7) is 2.37. The predicted molar refractivity (Wildman–Crippen MR) is 80.6 cm³/mol. The van der Waals surface area contributed by atoms with Crippen LogP contribution in [0.25, 0.3) is 0 Å². The molecule has 1 unspecified atom stereocenters. The molecule has 1 aromatic rings. The Bertz CT molecular complexity index is 600. The molecule has 5 heteroatoms. The predicted octanol–water partition coefficient (Wildman–Crippen LogP) is 1.13. The summed E-state index contributed by atoms with van der Waals surface area (Å²) in [5.74, 6) is 0.769. The van der Waals surface area contributed by atoms with Crippen molar-refractivity contribution in [2.24, 2.45) is 11.3 Å². The highest BCUT2D eigenvalue weighted by atomic mass is 32.2. The van der Waals surface area contributed by atoms with Gasteiger partial charge in [-0.1, -0.05) is 6.07 Å². The molecule has 0 radical (unpaired) electrons. The van der Waals surface area contributed by atoms with E-state index >= 15 is 0 Å². The molecule has 104 valence electrons. The summed E-state index contributed by atoms with van der Waals surface area (Å²) in [6, 6.07) is 5.48. The van der Waals surface area contributed by atoms with Gasteiger partial charge < -0.3 is 5.32 Å². The lowest BCUT2D eigenvalue weighted by atomic mass is 9.57. The Labute approximate surface area is 117 Å². The monoisotopic (exact) mass is 297 g/mol. The molecule has 0 aromatic heterocycles. The topological polar surface area (TPSA) is 46.2 Å². The zero-order valence-corrected chi connectivity index (χ0v) is 13.1. The Hall–Kier alpha value is -0.440. The van der Waals surface area contributed by atoms with Crippen LogP contribution in [0.3, 0.4) is 0 Å². The first-order valence-electron chi connectivity index (χ1n) is 6.67. The summed E-state index contributed by atoms with van der Waals surface area (Å²) in [5.41, 5.74) is 1.88. The van der Waals surface area contributed by atoms with Crippen LogP contribution in [0.2, 0.25) is 0 Å². The van der Waals surface area contributed by atoms with Crippen molar-refractivity contribution in [2.45, 2.75) is 24.2 Å². The van der Waals surface area contributed by atoms with Gasteiger partial charge in [0.1, 0.15) is 0 Å². The summed E-state index contributed by atoms with van der Waals surface area (Å²) < 4.78 is 23.0. The number of hydrogen-bond acceptors (Lipinski definition) is 3. The van der Waals surface area contributed by atoms with Crippen LogP contribution >= 0.6 is 9.24 Å². The van der Waals surface area contributed by atoms with Gasteiger partial charge in [-0.2, -0.15) is 0 Å². The van der Waals surface area contributed by atoms with Crippen molar-refractivity contribution in [2.75, 3.05) is 19.3 Å².